The number of ether oxygens (including phenoxy) is 3. The molecule has 5 nitrogen and oxygen atoms in total. The number of carbonyl (C=O) groups excluding carboxylic acids is 2. The molecule has 5 heteroatoms. The summed E-state index contributed by atoms with van der Waals surface area (Å²) in [4.78, 5) is 21.9. The topological polar surface area (TPSA) is 61.8 Å². The lowest BCUT2D eigenvalue weighted by molar-refractivity contribution is -0.134. The lowest BCUT2D eigenvalue weighted by Crippen LogP contribution is -2.11. The quantitative estimate of drug-likeness (QED) is 0.416. The molecule has 0 aromatic heterocycles. The van der Waals surface area contributed by atoms with Crippen LogP contribution in [0.25, 0.3) is 0 Å². The van der Waals surface area contributed by atoms with Crippen molar-refractivity contribution in [1.29, 1.82) is 0 Å². The minimum absolute atomic E-state index is 0.0317. The summed E-state index contributed by atoms with van der Waals surface area (Å²) < 4.78 is 16.1. The van der Waals surface area contributed by atoms with Gasteiger partial charge in [-0.15, -0.1) is 0 Å². The molecule has 1 rings (SSSR count). The first kappa shape index (κ1) is 16.0. The summed E-state index contributed by atoms with van der Waals surface area (Å²) in [5, 5.41) is 0. The third kappa shape index (κ3) is 5.30. The van der Waals surface area contributed by atoms with Crippen LogP contribution in [0.2, 0.25) is 0 Å². The molecule has 1 aromatic rings. The van der Waals surface area contributed by atoms with Gasteiger partial charge in [0, 0.05) is 12.5 Å². The molecule has 0 aliphatic heterocycles. The van der Waals surface area contributed by atoms with Crippen LogP contribution in [0.15, 0.2) is 18.2 Å². The second kappa shape index (κ2) is 8.19. The molecule has 0 radical (unpaired) electrons. The molecular weight excluding hydrogens is 260 g/mol. The Morgan fingerprint density at radius 2 is 2.05 bits per heavy atom. The minimum atomic E-state index is -0.303. The largest absolute Gasteiger partial charge is 0.487 e. The van der Waals surface area contributed by atoms with Crippen LogP contribution in [0.4, 0.5) is 0 Å². The molecule has 0 unspecified atom stereocenters. The maximum Gasteiger partial charge on any atom is 0.311 e. The maximum absolute atomic E-state index is 11.6. The summed E-state index contributed by atoms with van der Waals surface area (Å²) in [6.07, 6.45) is 1.67. The fourth-order valence-corrected chi connectivity index (χ4v) is 1.52. The van der Waals surface area contributed by atoms with Gasteiger partial charge < -0.3 is 14.2 Å². The van der Waals surface area contributed by atoms with Crippen molar-refractivity contribution in [2.45, 2.75) is 39.7 Å². The third-order valence-electron chi connectivity index (χ3n) is 2.27. The number of hydrogen-bond acceptors (Lipinski definition) is 5. The Balaban J connectivity index is 2.90. The molecule has 0 atom stereocenters. The van der Waals surface area contributed by atoms with E-state index in [1.165, 1.54) is 0 Å². The fraction of sp³-hybridized carbons (Fsp3) is 0.467. The third-order valence-corrected chi connectivity index (χ3v) is 2.27. The highest BCUT2D eigenvalue weighted by molar-refractivity contribution is 5.73. The van der Waals surface area contributed by atoms with Crippen LogP contribution in [0.5, 0.6) is 17.2 Å². The molecule has 0 heterocycles. The summed E-state index contributed by atoms with van der Waals surface area (Å²) in [5.41, 5.74) is 0. The molecule has 0 saturated carbocycles. The molecule has 110 valence electrons. The Hall–Kier alpha value is -2.04. The van der Waals surface area contributed by atoms with Gasteiger partial charge in [-0.05, 0) is 32.4 Å². The summed E-state index contributed by atoms with van der Waals surface area (Å²) in [6.45, 7) is 5.62. The van der Waals surface area contributed by atoms with Gasteiger partial charge in [-0.2, -0.15) is 0 Å². The Morgan fingerprint density at radius 3 is 2.65 bits per heavy atom. The summed E-state index contributed by atoms with van der Waals surface area (Å²) in [6, 6.07) is 4.84. The molecule has 0 aliphatic carbocycles. The predicted molar refractivity (Wildman–Crippen MR) is 74.3 cm³/mol. The van der Waals surface area contributed by atoms with Crippen molar-refractivity contribution in [2.24, 2.45) is 0 Å². The van der Waals surface area contributed by atoms with Crippen LogP contribution in [0.1, 0.15) is 33.6 Å². The van der Waals surface area contributed by atoms with Crippen molar-refractivity contribution in [3.63, 3.8) is 0 Å². The minimum Gasteiger partial charge on any atom is -0.487 e. The van der Waals surface area contributed by atoms with E-state index in [2.05, 4.69) is 0 Å². The molecule has 20 heavy (non-hydrogen) atoms. The summed E-state index contributed by atoms with van der Waals surface area (Å²) in [7, 11) is 0. The van der Waals surface area contributed by atoms with Crippen molar-refractivity contribution in [3.8, 4) is 17.2 Å². The average molecular weight is 280 g/mol. The number of rotatable bonds is 8. The number of esters is 1. The van der Waals surface area contributed by atoms with Gasteiger partial charge in [0.15, 0.2) is 17.8 Å². The van der Waals surface area contributed by atoms with E-state index in [4.69, 9.17) is 14.2 Å². The number of benzene rings is 1. The zero-order valence-corrected chi connectivity index (χ0v) is 12.0. The molecule has 1 aromatic carbocycles. The molecule has 0 fully saturated rings. The first-order chi connectivity index (χ1) is 9.56. The van der Waals surface area contributed by atoms with E-state index in [9.17, 15) is 9.59 Å². The van der Waals surface area contributed by atoms with E-state index < -0.39 is 0 Å². The predicted octanol–water partition coefficient (Wildman–Crippen LogP) is 2.76. The van der Waals surface area contributed by atoms with E-state index in [-0.39, 0.29) is 18.7 Å². The highest BCUT2D eigenvalue weighted by Crippen LogP contribution is 2.32. The lowest BCUT2D eigenvalue weighted by Gasteiger charge is -2.15. The van der Waals surface area contributed by atoms with Crippen LogP contribution < -0.4 is 14.2 Å². The standard InChI is InChI=1S/C15H20O5/c1-4-5-15(17)20-13-7-6-12(18-9-8-16)10-14(13)19-11(2)3/h6-8,10-11H,4-5,9H2,1-3H3. The van der Waals surface area contributed by atoms with E-state index in [0.717, 1.165) is 6.42 Å². The monoisotopic (exact) mass is 280 g/mol. The molecular formula is C15H20O5. The van der Waals surface area contributed by atoms with E-state index in [0.29, 0.717) is 30.0 Å². The van der Waals surface area contributed by atoms with E-state index >= 15 is 0 Å². The van der Waals surface area contributed by atoms with E-state index in [1.54, 1.807) is 18.2 Å². The maximum atomic E-state index is 11.6. The number of aldehydes is 1. The summed E-state index contributed by atoms with van der Waals surface area (Å²) in [5.74, 6) is 0.967. The smallest absolute Gasteiger partial charge is 0.311 e. The van der Waals surface area contributed by atoms with Crippen LogP contribution in [0.3, 0.4) is 0 Å². The Labute approximate surface area is 118 Å². The second-order valence-electron chi connectivity index (χ2n) is 4.48. The first-order valence-electron chi connectivity index (χ1n) is 6.64. The van der Waals surface area contributed by atoms with Crippen LogP contribution in [0, 0.1) is 0 Å². The van der Waals surface area contributed by atoms with Gasteiger partial charge in [-0.1, -0.05) is 6.92 Å². The van der Waals surface area contributed by atoms with Gasteiger partial charge in [-0.25, -0.2) is 0 Å². The van der Waals surface area contributed by atoms with Crippen molar-refractivity contribution < 1.29 is 23.8 Å². The SMILES string of the molecule is CCCC(=O)Oc1ccc(OCC=O)cc1OC(C)C. The van der Waals surface area contributed by atoms with Gasteiger partial charge in [0.2, 0.25) is 0 Å². The van der Waals surface area contributed by atoms with Gasteiger partial charge >= 0.3 is 5.97 Å². The van der Waals surface area contributed by atoms with Crippen LogP contribution in [-0.4, -0.2) is 25.0 Å². The highest BCUT2D eigenvalue weighted by Gasteiger charge is 2.12. The van der Waals surface area contributed by atoms with Gasteiger partial charge in [0.1, 0.15) is 12.4 Å². The summed E-state index contributed by atoms with van der Waals surface area (Å²) >= 11 is 0. The molecule has 0 amide bonds. The first-order valence-corrected chi connectivity index (χ1v) is 6.64. The second-order valence-corrected chi connectivity index (χ2v) is 4.48. The van der Waals surface area contributed by atoms with E-state index in [1.807, 2.05) is 20.8 Å². The zero-order chi connectivity index (χ0) is 15.0. The van der Waals surface area contributed by atoms with Gasteiger partial charge in [0.25, 0.3) is 0 Å². The Kier molecular flexibility index (Phi) is 6.56. The van der Waals surface area contributed by atoms with Crippen molar-refractivity contribution in [3.05, 3.63) is 18.2 Å². The zero-order valence-electron chi connectivity index (χ0n) is 12.0. The average Bonchev–Trinajstić information content (AvgIpc) is 2.38. The van der Waals surface area contributed by atoms with Crippen LogP contribution >= 0.6 is 0 Å². The molecule has 0 aliphatic rings. The number of hydrogen-bond donors (Lipinski definition) is 0. The van der Waals surface area contributed by atoms with Gasteiger partial charge in [-0.3, -0.25) is 9.59 Å². The fourth-order valence-electron chi connectivity index (χ4n) is 1.52. The van der Waals surface area contributed by atoms with Crippen molar-refractivity contribution in [1.82, 2.24) is 0 Å². The highest BCUT2D eigenvalue weighted by atomic mass is 16.6. The van der Waals surface area contributed by atoms with Crippen molar-refractivity contribution in [2.75, 3.05) is 6.61 Å². The molecule has 0 N–H and O–H groups in total. The molecule has 0 bridgehead atoms. The number of carbonyl (C=O) groups is 2. The molecule has 0 spiro atoms. The van der Waals surface area contributed by atoms with Gasteiger partial charge in [0.05, 0.1) is 6.10 Å². The molecule has 0 saturated heterocycles. The Morgan fingerprint density at radius 1 is 1.30 bits per heavy atom. The van der Waals surface area contributed by atoms with Crippen molar-refractivity contribution >= 4 is 12.3 Å². The van der Waals surface area contributed by atoms with Crippen LogP contribution in [-0.2, 0) is 9.59 Å². The normalized spacial score (nSPS) is 10.2. The lowest BCUT2D eigenvalue weighted by atomic mass is 10.3. The Bertz CT molecular complexity index is 454.